The Balaban J connectivity index is 1.79. The average molecular weight is 434 g/mol. The highest BCUT2D eigenvalue weighted by Gasteiger charge is 2.49. The second-order valence-corrected chi connectivity index (χ2v) is 8.93. The van der Waals surface area contributed by atoms with Crippen LogP contribution in [0.15, 0.2) is 54.1 Å². The van der Waals surface area contributed by atoms with Crippen LogP contribution in [0.3, 0.4) is 0 Å². The molecular weight excluding hydrogens is 402 g/mol. The number of hydrogen-bond acceptors (Lipinski definition) is 4. The Morgan fingerprint density at radius 1 is 1.03 bits per heavy atom. The first kappa shape index (κ1) is 22.1. The van der Waals surface area contributed by atoms with Gasteiger partial charge < -0.3 is 14.7 Å². The predicted octanol–water partition coefficient (Wildman–Crippen LogP) is 5.40. The SMILES string of the molecule is CCc1ccc(C2/C(=C(/O)c3ccc(OC(C)C)cc3)C(=O)C(=O)N2C2CCCC2)cc1. The molecule has 1 saturated carbocycles. The summed E-state index contributed by atoms with van der Waals surface area (Å²) in [6.45, 7) is 5.98. The largest absolute Gasteiger partial charge is 0.507 e. The van der Waals surface area contributed by atoms with Crippen LogP contribution in [-0.4, -0.2) is 33.8 Å². The number of rotatable bonds is 6. The molecule has 0 bridgehead atoms. The second kappa shape index (κ2) is 9.19. The molecule has 0 spiro atoms. The molecule has 1 aliphatic carbocycles. The summed E-state index contributed by atoms with van der Waals surface area (Å²) in [7, 11) is 0. The zero-order valence-corrected chi connectivity index (χ0v) is 19.0. The van der Waals surface area contributed by atoms with Gasteiger partial charge >= 0.3 is 0 Å². The number of aliphatic hydroxyl groups excluding tert-OH is 1. The van der Waals surface area contributed by atoms with E-state index >= 15 is 0 Å². The van der Waals surface area contributed by atoms with Crippen molar-refractivity contribution in [2.75, 3.05) is 0 Å². The van der Waals surface area contributed by atoms with Crippen LogP contribution in [0.1, 0.15) is 69.2 Å². The number of benzene rings is 2. The molecule has 1 amide bonds. The van der Waals surface area contributed by atoms with Gasteiger partial charge in [-0.3, -0.25) is 9.59 Å². The third kappa shape index (κ3) is 4.16. The summed E-state index contributed by atoms with van der Waals surface area (Å²) < 4.78 is 5.68. The van der Waals surface area contributed by atoms with E-state index in [0.717, 1.165) is 37.7 Å². The van der Waals surface area contributed by atoms with Crippen LogP contribution in [0.5, 0.6) is 5.75 Å². The quantitative estimate of drug-likeness (QED) is 0.376. The highest BCUT2D eigenvalue weighted by Crippen LogP contribution is 2.43. The first-order valence-electron chi connectivity index (χ1n) is 11.6. The molecule has 168 valence electrons. The Bertz CT molecular complexity index is 1010. The third-order valence-electron chi connectivity index (χ3n) is 6.40. The van der Waals surface area contributed by atoms with E-state index in [0.29, 0.717) is 11.3 Å². The fourth-order valence-electron chi connectivity index (χ4n) is 4.79. The van der Waals surface area contributed by atoms with Crippen molar-refractivity contribution in [1.29, 1.82) is 0 Å². The Morgan fingerprint density at radius 2 is 1.66 bits per heavy atom. The van der Waals surface area contributed by atoms with Gasteiger partial charge in [-0.2, -0.15) is 0 Å². The standard InChI is InChI=1S/C27H31NO4/c1-4-18-9-11-19(12-10-18)24-23(26(30)27(31)28(24)21-7-5-6-8-21)25(29)20-13-15-22(16-14-20)32-17(2)3/h9-17,21,24,29H,4-8H2,1-3H3/b25-23-. The minimum absolute atomic E-state index is 0.0226. The molecule has 32 heavy (non-hydrogen) atoms. The predicted molar refractivity (Wildman–Crippen MR) is 124 cm³/mol. The van der Waals surface area contributed by atoms with Gasteiger partial charge in [0.05, 0.1) is 17.7 Å². The summed E-state index contributed by atoms with van der Waals surface area (Å²) in [5.74, 6) is -0.566. The Morgan fingerprint density at radius 3 is 2.22 bits per heavy atom. The number of carbonyl (C=O) groups excluding carboxylic acids is 2. The van der Waals surface area contributed by atoms with Gasteiger partial charge in [-0.1, -0.05) is 44.0 Å². The van der Waals surface area contributed by atoms with E-state index in [9.17, 15) is 14.7 Å². The van der Waals surface area contributed by atoms with Gasteiger partial charge in [0.25, 0.3) is 11.7 Å². The summed E-state index contributed by atoms with van der Waals surface area (Å²) >= 11 is 0. The lowest BCUT2D eigenvalue weighted by molar-refractivity contribution is -0.141. The van der Waals surface area contributed by atoms with Crippen LogP contribution in [-0.2, 0) is 16.0 Å². The lowest BCUT2D eigenvalue weighted by atomic mass is 9.94. The topological polar surface area (TPSA) is 66.8 Å². The first-order chi connectivity index (χ1) is 15.4. The van der Waals surface area contributed by atoms with Crippen LogP contribution in [0.2, 0.25) is 0 Å². The number of amides is 1. The molecule has 4 rings (SSSR count). The molecule has 1 N–H and O–H groups in total. The molecule has 2 aromatic carbocycles. The highest BCUT2D eigenvalue weighted by molar-refractivity contribution is 6.46. The van der Waals surface area contributed by atoms with Gasteiger partial charge in [0, 0.05) is 11.6 Å². The Kier molecular flexibility index (Phi) is 6.35. The van der Waals surface area contributed by atoms with E-state index < -0.39 is 17.7 Å². The maximum atomic E-state index is 13.2. The molecule has 5 nitrogen and oxygen atoms in total. The van der Waals surface area contributed by atoms with E-state index in [1.165, 1.54) is 5.56 Å². The fraction of sp³-hybridized carbons (Fsp3) is 0.407. The number of ketones is 1. The van der Waals surface area contributed by atoms with Gasteiger partial charge in [-0.05, 0) is 68.5 Å². The summed E-state index contributed by atoms with van der Waals surface area (Å²) in [5, 5.41) is 11.2. The van der Waals surface area contributed by atoms with Gasteiger partial charge in [-0.25, -0.2) is 0 Å². The van der Waals surface area contributed by atoms with Crippen molar-refractivity contribution in [2.24, 2.45) is 0 Å². The summed E-state index contributed by atoms with van der Waals surface area (Å²) in [6, 6.07) is 14.5. The van der Waals surface area contributed by atoms with Gasteiger partial charge in [0.15, 0.2) is 0 Å². The van der Waals surface area contributed by atoms with E-state index in [1.54, 1.807) is 29.2 Å². The summed E-state index contributed by atoms with van der Waals surface area (Å²) in [5.41, 5.74) is 2.71. The van der Waals surface area contributed by atoms with Crippen LogP contribution < -0.4 is 4.74 Å². The molecular formula is C27H31NO4. The van der Waals surface area contributed by atoms with Crippen LogP contribution in [0, 0.1) is 0 Å². The highest BCUT2D eigenvalue weighted by atomic mass is 16.5. The van der Waals surface area contributed by atoms with E-state index in [-0.39, 0.29) is 23.5 Å². The molecule has 1 unspecified atom stereocenters. The minimum atomic E-state index is -0.610. The average Bonchev–Trinajstić information content (AvgIpc) is 3.40. The number of aliphatic hydroxyl groups is 1. The third-order valence-corrected chi connectivity index (χ3v) is 6.40. The first-order valence-corrected chi connectivity index (χ1v) is 11.6. The molecule has 0 aromatic heterocycles. The lowest BCUT2D eigenvalue weighted by Crippen LogP contribution is -2.37. The number of ether oxygens (including phenoxy) is 1. The molecule has 0 radical (unpaired) electrons. The van der Waals surface area contributed by atoms with Gasteiger partial charge in [0.1, 0.15) is 11.5 Å². The summed E-state index contributed by atoms with van der Waals surface area (Å²) in [6.07, 6.45) is 4.82. The molecule has 2 aliphatic rings. The number of nitrogens with zero attached hydrogens (tertiary/aromatic N) is 1. The zero-order valence-electron chi connectivity index (χ0n) is 19.0. The summed E-state index contributed by atoms with van der Waals surface area (Å²) in [4.78, 5) is 28.0. The van der Waals surface area contributed by atoms with Crippen LogP contribution in [0.25, 0.3) is 5.76 Å². The number of aryl methyl sites for hydroxylation is 1. The Labute approximate surface area is 189 Å². The van der Waals surface area contributed by atoms with E-state index in [4.69, 9.17) is 4.74 Å². The van der Waals surface area contributed by atoms with Crippen molar-refractivity contribution in [3.05, 3.63) is 70.8 Å². The van der Waals surface area contributed by atoms with Crippen molar-refractivity contribution < 1.29 is 19.4 Å². The van der Waals surface area contributed by atoms with Crippen molar-refractivity contribution in [3.63, 3.8) is 0 Å². The molecule has 2 fully saturated rings. The smallest absolute Gasteiger partial charge is 0.295 e. The lowest BCUT2D eigenvalue weighted by Gasteiger charge is -2.30. The monoisotopic (exact) mass is 433 g/mol. The second-order valence-electron chi connectivity index (χ2n) is 8.93. The van der Waals surface area contributed by atoms with Crippen molar-refractivity contribution in [3.8, 4) is 5.75 Å². The molecule has 1 aliphatic heterocycles. The van der Waals surface area contributed by atoms with E-state index in [2.05, 4.69) is 6.92 Å². The van der Waals surface area contributed by atoms with Gasteiger partial charge in [0.2, 0.25) is 0 Å². The van der Waals surface area contributed by atoms with E-state index in [1.807, 2.05) is 38.1 Å². The number of hydrogen-bond donors (Lipinski definition) is 1. The Hall–Kier alpha value is -3.08. The van der Waals surface area contributed by atoms with Crippen LogP contribution >= 0.6 is 0 Å². The van der Waals surface area contributed by atoms with Crippen molar-refractivity contribution in [2.45, 2.75) is 71.1 Å². The van der Waals surface area contributed by atoms with Crippen LogP contribution in [0.4, 0.5) is 0 Å². The number of carbonyl (C=O) groups is 2. The minimum Gasteiger partial charge on any atom is -0.507 e. The normalized spacial score (nSPS) is 21.0. The zero-order chi connectivity index (χ0) is 22.8. The molecule has 1 heterocycles. The molecule has 1 saturated heterocycles. The fourth-order valence-corrected chi connectivity index (χ4v) is 4.79. The van der Waals surface area contributed by atoms with Crippen molar-refractivity contribution >= 4 is 17.4 Å². The number of Topliss-reactive ketones (excluding diaryl/α,β-unsaturated/α-hetero) is 1. The van der Waals surface area contributed by atoms with Crippen molar-refractivity contribution in [1.82, 2.24) is 4.90 Å². The van der Waals surface area contributed by atoms with Gasteiger partial charge in [-0.15, -0.1) is 0 Å². The number of likely N-dealkylation sites (tertiary alicyclic amines) is 1. The maximum Gasteiger partial charge on any atom is 0.295 e. The molecule has 2 aromatic rings. The maximum absolute atomic E-state index is 13.2. The molecule has 1 atom stereocenters. The molecule has 5 heteroatoms.